The first-order valence-corrected chi connectivity index (χ1v) is 7.05. The van der Waals surface area contributed by atoms with Gasteiger partial charge in [0.25, 0.3) is 0 Å². The van der Waals surface area contributed by atoms with Crippen molar-refractivity contribution in [2.24, 2.45) is 0 Å². The van der Waals surface area contributed by atoms with Crippen molar-refractivity contribution in [1.82, 2.24) is 10.2 Å². The molecular formula is C15H22F2N2O. The maximum absolute atomic E-state index is 12.1. The molecule has 0 radical (unpaired) electrons. The van der Waals surface area contributed by atoms with Crippen LogP contribution in [0.25, 0.3) is 0 Å². The quantitative estimate of drug-likeness (QED) is 0.899. The standard InChI is InChI=1S/C15H22F2N2O/c1-11(19(2)13-4-3-9-18-10-13)12-5-7-14(8-6-12)20-15(16)17/h5-8,11,13,15,18H,3-4,9-10H2,1-2H3. The van der Waals surface area contributed by atoms with Gasteiger partial charge in [-0.1, -0.05) is 12.1 Å². The molecule has 1 heterocycles. The van der Waals surface area contributed by atoms with Crippen LogP contribution in [0, 0.1) is 0 Å². The smallest absolute Gasteiger partial charge is 0.387 e. The Morgan fingerprint density at radius 3 is 2.55 bits per heavy atom. The van der Waals surface area contributed by atoms with Crippen LogP contribution in [0.5, 0.6) is 5.75 Å². The van der Waals surface area contributed by atoms with E-state index >= 15 is 0 Å². The molecule has 1 aromatic carbocycles. The topological polar surface area (TPSA) is 24.5 Å². The highest BCUT2D eigenvalue weighted by Gasteiger charge is 2.22. The second-order valence-electron chi connectivity index (χ2n) is 5.29. The fraction of sp³-hybridized carbons (Fsp3) is 0.600. The van der Waals surface area contributed by atoms with Crippen molar-refractivity contribution in [2.75, 3.05) is 20.1 Å². The fourth-order valence-corrected chi connectivity index (χ4v) is 2.66. The number of hydrogen-bond acceptors (Lipinski definition) is 3. The van der Waals surface area contributed by atoms with Crippen molar-refractivity contribution < 1.29 is 13.5 Å². The third kappa shape index (κ3) is 3.90. The SMILES string of the molecule is CC(c1ccc(OC(F)F)cc1)N(C)C1CCCNC1. The number of rotatable bonds is 5. The lowest BCUT2D eigenvalue weighted by Crippen LogP contribution is -2.45. The van der Waals surface area contributed by atoms with Crippen LogP contribution in [-0.4, -0.2) is 37.7 Å². The van der Waals surface area contributed by atoms with Crippen molar-refractivity contribution in [3.63, 3.8) is 0 Å². The molecule has 0 saturated carbocycles. The van der Waals surface area contributed by atoms with Crippen LogP contribution in [-0.2, 0) is 0 Å². The van der Waals surface area contributed by atoms with E-state index in [-0.39, 0.29) is 11.8 Å². The summed E-state index contributed by atoms with van der Waals surface area (Å²) >= 11 is 0. The Morgan fingerprint density at radius 1 is 1.30 bits per heavy atom. The number of likely N-dealkylation sites (N-methyl/N-ethyl adjacent to an activating group) is 1. The van der Waals surface area contributed by atoms with Crippen molar-refractivity contribution in [2.45, 2.75) is 38.5 Å². The Morgan fingerprint density at radius 2 is 2.00 bits per heavy atom. The summed E-state index contributed by atoms with van der Waals surface area (Å²) < 4.78 is 28.6. The lowest BCUT2D eigenvalue weighted by atomic mass is 10.0. The molecule has 112 valence electrons. The van der Waals surface area contributed by atoms with E-state index in [0.29, 0.717) is 6.04 Å². The summed E-state index contributed by atoms with van der Waals surface area (Å²) in [5, 5.41) is 3.41. The summed E-state index contributed by atoms with van der Waals surface area (Å²) in [4.78, 5) is 2.34. The normalized spacial score (nSPS) is 21.2. The number of ether oxygens (including phenoxy) is 1. The van der Waals surface area contributed by atoms with Gasteiger partial charge in [-0.05, 0) is 51.1 Å². The van der Waals surface area contributed by atoms with Gasteiger partial charge in [0.2, 0.25) is 0 Å². The Balaban J connectivity index is 1.98. The van der Waals surface area contributed by atoms with Gasteiger partial charge in [-0.2, -0.15) is 8.78 Å². The van der Waals surface area contributed by atoms with E-state index in [1.54, 1.807) is 12.1 Å². The molecule has 5 heteroatoms. The van der Waals surface area contributed by atoms with Crippen molar-refractivity contribution >= 4 is 0 Å². The first kappa shape index (κ1) is 15.2. The lowest BCUT2D eigenvalue weighted by molar-refractivity contribution is -0.0498. The van der Waals surface area contributed by atoms with Crippen LogP contribution in [0.4, 0.5) is 8.78 Å². The Bertz CT molecular complexity index is 405. The van der Waals surface area contributed by atoms with E-state index in [0.717, 1.165) is 18.7 Å². The molecule has 1 fully saturated rings. The summed E-state index contributed by atoms with van der Waals surface area (Å²) in [5.74, 6) is 0.206. The van der Waals surface area contributed by atoms with Crippen LogP contribution in [0.2, 0.25) is 0 Å². The summed E-state index contributed by atoms with van der Waals surface area (Å²) in [7, 11) is 2.12. The molecule has 1 aliphatic rings. The summed E-state index contributed by atoms with van der Waals surface area (Å²) in [6.07, 6.45) is 2.39. The van der Waals surface area contributed by atoms with Crippen molar-refractivity contribution in [3.05, 3.63) is 29.8 Å². The predicted octanol–water partition coefficient (Wildman–Crippen LogP) is 3.03. The number of benzene rings is 1. The molecule has 3 nitrogen and oxygen atoms in total. The number of nitrogens with zero attached hydrogens (tertiary/aromatic N) is 1. The third-order valence-corrected chi connectivity index (χ3v) is 4.05. The van der Waals surface area contributed by atoms with Gasteiger partial charge in [0.1, 0.15) is 5.75 Å². The van der Waals surface area contributed by atoms with Gasteiger partial charge in [0.15, 0.2) is 0 Å². The minimum Gasteiger partial charge on any atom is -0.435 e. The average molecular weight is 284 g/mol. The van der Waals surface area contributed by atoms with Gasteiger partial charge in [0.05, 0.1) is 0 Å². The first-order chi connectivity index (χ1) is 9.58. The Kier molecular flexibility index (Phi) is 5.31. The highest BCUT2D eigenvalue weighted by atomic mass is 19.3. The van der Waals surface area contributed by atoms with Gasteiger partial charge in [-0.15, -0.1) is 0 Å². The van der Waals surface area contributed by atoms with Gasteiger partial charge in [-0.3, -0.25) is 4.90 Å². The molecule has 1 aliphatic heterocycles. The van der Waals surface area contributed by atoms with Gasteiger partial charge >= 0.3 is 6.61 Å². The summed E-state index contributed by atoms with van der Waals surface area (Å²) in [6.45, 7) is 1.47. The average Bonchev–Trinajstić information content (AvgIpc) is 2.47. The highest BCUT2D eigenvalue weighted by molar-refractivity contribution is 5.29. The van der Waals surface area contributed by atoms with Crippen molar-refractivity contribution in [3.8, 4) is 5.75 Å². The monoisotopic (exact) mass is 284 g/mol. The molecule has 0 aliphatic carbocycles. The second kappa shape index (κ2) is 6.99. The minimum atomic E-state index is -2.77. The van der Waals surface area contributed by atoms with E-state index in [1.165, 1.54) is 12.8 Å². The number of halogens is 2. The maximum atomic E-state index is 12.1. The molecule has 1 N–H and O–H groups in total. The summed E-state index contributed by atoms with van der Waals surface area (Å²) in [6, 6.07) is 7.69. The first-order valence-electron chi connectivity index (χ1n) is 7.05. The molecule has 2 unspecified atom stereocenters. The van der Waals surface area contributed by atoms with E-state index in [9.17, 15) is 8.78 Å². The lowest BCUT2D eigenvalue weighted by Gasteiger charge is -2.36. The largest absolute Gasteiger partial charge is 0.435 e. The van der Waals surface area contributed by atoms with E-state index in [4.69, 9.17) is 0 Å². The van der Waals surface area contributed by atoms with Crippen LogP contribution < -0.4 is 10.1 Å². The van der Waals surface area contributed by atoms with Crippen LogP contribution in [0.1, 0.15) is 31.4 Å². The Hall–Kier alpha value is -1.20. The molecule has 0 amide bonds. The van der Waals surface area contributed by atoms with Crippen molar-refractivity contribution in [1.29, 1.82) is 0 Å². The van der Waals surface area contributed by atoms with Gasteiger partial charge in [-0.25, -0.2) is 0 Å². The second-order valence-corrected chi connectivity index (χ2v) is 5.29. The molecule has 1 saturated heterocycles. The fourth-order valence-electron chi connectivity index (χ4n) is 2.66. The molecule has 2 rings (SSSR count). The van der Waals surface area contributed by atoms with E-state index < -0.39 is 6.61 Å². The molecular weight excluding hydrogens is 262 g/mol. The number of alkyl halides is 2. The zero-order valence-electron chi connectivity index (χ0n) is 12.0. The number of hydrogen-bond donors (Lipinski definition) is 1. The molecule has 0 bridgehead atoms. The van der Waals surface area contributed by atoms with Crippen LogP contribution in [0.15, 0.2) is 24.3 Å². The third-order valence-electron chi connectivity index (χ3n) is 4.05. The molecule has 0 aromatic heterocycles. The van der Waals surface area contributed by atoms with E-state index in [1.807, 2.05) is 12.1 Å². The predicted molar refractivity (Wildman–Crippen MR) is 75.1 cm³/mol. The molecule has 2 atom stereocenters. The Labute approximate surface area is 118 Å². The van der Waals surface area contributed by atoms with Crippen LogP contribution in [0.3, 0.4) is 0 Å². The number of nitrogens with one attached hydrogen (secondary N) is 1. The van der Waals surface area contributed by atoms with Gasteiger partial charge in [0, 0.05) is 18.6 Å². The molecule has 1 aromatic rings. The molecule has 20 heavy (non-hydrogen) atoms. The minimum absolute atomic E-state index is 0.206. The maximum Gasteiger partial charge on any atom is 0.387 e. The number of piperidine rings is 1. The zero-order chi connectivity index (χ0) is 14.5. The van der Waals surface area contributed by atoms with Gasteiger partial charge < -0.3 is 10.1 Å². The zero-order valence-corrected chi connectivity index (χ0v) is 12.0. The molecule has 0 spiro atoms. The van der Waals surface area contributed by atoms with E-state index in [2.05, 4.69) is 28.9 Å². The van der Waals surface area contributed by atoms with Crippen LogP contribution >= 0.6 is 0 Å². The highest BCUT2D eigenvalue weighted by Crippen LogP contribution is 2.25. The summed E-state index contributed by atoms with van der Waals surface area (Å²) in [5.41, 5.74) is 1.11.